The van der Waals surface area contributed by atoms with Crippen molar-refractivity contribution in [2.24, 2.45) is 29.6 Å². The number of alkyl halides is 2. The zero-order valence-corrected chi connectivity index (χ0v) is 33.0. The molecule has 4 amide bonds. The molecule has 3 aliphatic heterocycles. The van der Waals surface area contributed by atoms with Crippen molar-refractivity contribution in [2.75, 3.05) is 6.54 Å². The second-order valence-electron chi connectivity index (χ2n) is 17.4. The number of benzene rings is 1. The van der Waals surface area contributed by atoms with Crippen LogP contribution in [0.15, 0.2) is 36.5 Å². The fourth-order valence-corrected chi connectivity index (χ4v) is 10.8. The van der Waals surface area contributed by atoms with Crippen LogP contribution < -0.4 is 29.6 Å². The second-order valence-corrected chi connectivity index (χ2v) is 19.4. The molecule has 4 heterocycles. The van der Waals surface area contributed by atoms with E-state index in [1.807, 2.05) is 19.1 Å². The van der Waals surface area contributed by atoms with E-state index in [0.717, 1.165) is 25.7 Å². The third-order valence-electron chi connectivity index (χ3n) is 12.9. The Bertz CT molecular complexity index is 2180. The Kier molecular flexibility index (Phi) is 9.50. The van der Waals surface area contributed by atoms with Crippen LogP contribution in [0.5, 0.6) is 17.4 Å². The molecule has 1 unspecified atom stereocenters. The number of aromatic nitrogens is 1. The van der Waals surface area contributed by atoms with E-state index >= 15 is 0 Å². The minimum absolute atomic E-state index is 0.0308. The van der Waals surface area contributed by atoms with Crippen LogP contribution in [-0.4, -0.2) is 90.0 Å². The largest absolute Gasteiger partial charge is 0.586 e. The number of amides is 4. The van der Waals surface area contributed by atoms with E-state index in [4.69, 9.17) is 14.2 Å². The maximum absolute atomic E-state index is 14.9. The molecule has 18 heteroatoms. The Morgan fingerprint density at radius 1 is 0.983 bits per heavy atom. The third-order valence-corrected chi connectivity index (χ3v) is 14.7. The molecular formula is C40H47F2N5O10S. The number of hydrogen-bond acceptors (Lipinski definition) is 11. The van der Waals surface area contributed by atoms with Gasteiger partial charge in [-0.3, -0.25) is 19.1 Å². The topological polar surface area (TPSA) is 192 Å². The van der Waals surface area contributed by atoms with Gasteiger partial charge in [-0.2, -0.15) is 0 Å². The summed E-state index contributed by atoms with van der Waals surface area (Å²) in [4.78, 5) is 62.3. The molecule has 3 N–H and O–H groups in total. The number of fused-ring (bicyclic) bond motifs is 6. The van der Waals surface area contributed by atoms with Gasteiger partial charge in [-0.1, -0.05) is 26.0 Å². The number of allylic oxidation sites excluding steroid dienone is 1. The molecule has 2 aromatic rings. The number of carbonyl (C=O) groups excluding carboxylic acids is 4. The first-order chi connectivity index (χ1) is 27.6. The van der Waals surface area contributed by atoms with Crippen molar-refractivity contribution in [1.29, 1.82) is 0 Å². The van der Waals surface area contributed by atoms with Crippen molar-refractivity contribution in [3.8, 4) is 17.4 Å². The lowest BCUT2D eigenvalue weighted by Gasteiger charge is -2.33. The first kappa shape index (κ1) is 38.8. The number of rotatable bonds is 7. The molecule has 4 aliphatic carbocycles. The normalized spacial score (nSPS) is 35.7. The van der Waals surface area contributed by atoms with E-state index in [0.29, 0.717) is 42.9 Å². The maximum Gasteiger partial charge on any atom is 0.586 e. The Morgan fingerprint density at radius 3 is 2.52 bits per heavy atom. The van der Waals surface area contributed by atoms with Crippen molar-refractivity contribution in [1.82, 2.24) is 25.2 Å². The molecule has 1 aromatic carbocycles. The molecular weight excluding hydrogens is 781 g/mol. The van der Waals surface area contributed by atoms with Crippen LogP contribution in [0.4, 0.5) is 13.6 Å². The minimum Gasteiger partial charge on any atom is -0.472 e. The summed E-state index contributed by atoms with van der Waals surface area (Å²) in [6, 6.07) is 1.96. The molecule has 58 heavy (non-hydrogen) atoms. The number of nitrogens with zero attached hydrogens (tertiary/aromatic N) is 2. The fourth-order valence-electron chi connectivity index (χ4n) is 9.45. The summed E-state index contributed by atoms with van der Waals surface area (Å²) < 4.78 is 77.6. The van der Waals surface area contributed by atoms with E-state index in [1.165, 1.54) is 29.3 Å². The number of nitrogens with one attached hydrogen (secondary N) is 3. The van der Waals surface area contributed by atoms with E-state index < -0.39 is 75.0 Å². The average molecular weight is 828 g/mol. The van der Waals surface area contributed by atoms with E-state index in [9.17, 15) is 36.4 Å². The summed E-state index contributed by atoms with van der Waals surface area (Å²) in [5.41, 5.74) is -1.58. The Labute approximate surface area is 334 Å². The predicted molar refractivity (Wildman–Crippen MR) is 201 cm³/mol. The summed E-state index contributed by atoms with van der Waals surface area (Å²) in [7, 11) is -3.95. The smallest absolute Gasteiger partial charge is 0.472 e. The number of alkyl carbamates (subject to hydrolysis) is 1. The Balaban J connectivity index is 1.02. The highest BCUT2D eigenvalue weighted by molar-refractivity contribution is 7.91. The first-order valence-corrected chi connectivity index (χ1v) is 21.8. The first-order valence-electron chi connectivity index (χ1n) is 20.3. The van der Waals surface area contributed by atoms with Crippen LogP contribution in [0.3, 0.4) is 0 Å². The van der Waals surface area contributed by atoms with Crippen molar-refractivity contribution in [3.05, 3.63) is 36.5 Å². The maximum atomic E-state index is 14.9. The van der Waals surface area contributed by atoms with Gasteiger partial charge in [-0.05, 0) is 99.7 Å². The zero-order valence-electron chi connectivity index (χ0n) is 32.2. The average Bonchev–Trinajstić information content (AvgIpc) is 4.12. The van der Waals surface area contributed by atoms with Crippen molar-refractivity contribution >= 4 is 44.6 Å². The van der Waals surface area contributed by atoms with Gasteiger partial charge in [0.1, 0.15) is 29.8 Å². The highest BCUT2D eigenvalue weighted by Crippen LogP contribution is 2.53. The highest BCUT2D eigenvalue weighted by atomic mass is 32.2. The van der Waals surface area contributed by atoms with Crippen molar-refractivity contribution in [2.45, 2.75) is 119 Å². The molecule has 0 spiro atoms. The fraction of sp³-hybridized carbons (Fsp3) is 0.625. The van der Waals surface area contributed by atoms with Gasteiger partial charge in [0.15, 0.2) is 11.5 Å². The van der Waals surface area contributed by atoms with Gasteiger partial charge < -0.3 is 34.5 Å². The van der Waals surface area contributed by atoms with Crippen LogP contribution in [0, 0.1) is 29.6 Å². The van der Waals surface area contributed by atoms with Crippen LogP contribution >= 0.6 is 0 Å². The second kappa shape index (κ2) is 14.2. The number of sulfonamides is 1. The lowest BCUT2D eigenvalue weighted by molar-refractivity contribution is -0.286. The van der Waals surface area contributed by atoms with Gasteiger partial charge in [0.25, 0.3) is 5.91 Å². The van der Waals surface area contributed by atoms with Crippen molar-refractivity contribution in [3.63, 3.8) is 0 Å². The van der Waals surface area contributed by atoms with Gasteiger partial charge in [-0.15, -0.1) is 8.78 Å². The molecule has 10 atom stereocenters. The summed E-state index contributed by atoms with van der Waals surface area (Å²) >= 11 is 0. The van der Waals surface area contributed by atoms with Crippen LogP contribution in [-0.2, 0) is 29.1 Å². The SMILES string of the molecule is C[C@@H]1CC/C=C\C2C[C@@]2(C(=O)NS(=O)(=O)C2CC2)NC(=O)[C@@H]2C[C@@H](Oc3nccc4c5c(ccc34)OC(F)(F)O5)CN2C(=O)[C@@H](NC(=O)O[C@@H]2C[C@@H]3C[C@@H]3C2)[C@H](C)C1. The number of pyridine rings is 1. The molecule has 5 fully saturated rings. The number of carbonyl (C=O) groups is 4. The Morgan fingerprint density at radius 2 is 1.76 bits per heavy atom. The molecule has 1 saturated heterocycles. The van der Waals surface area contributed by atoms with Gasteiger partial charge >= 0.3 is 12.4 Å². The van der Waals surface area contributed by atoms with Crippen LogP contribution in [0.2, 0.25) is 0 Å². The highest BCUT2D eigenvalue weighted by Gasteiger charge is 2.62. The Hall–Kier alpha value is -4.74. The monoisotopic (exact) mass is 827 g/mol. The van der Waals surface area contributed by atoms with Crippen molar-refractivity contribution < 1.29 is 55.3 Å². The van der Waals surface area contributed by atoms with Crippen LogP contribution in [0.1, 0.15) is 78.1 Å². The van der Waals surface area contributed by atoms with Gasteiger partial charge in [0.05, 0.1) is 11.8 Å². The number of halogens is 2. The lowest BCUT2D eigenvalue weighted by Crippen LogP contribution is -2.59. The molecule has 4 saturated carbocycles. The number of hydrogen-bond donors (Lipinski definition) is 3. The van der Waals surface area contributed by atoms with Gasteiger partial charge in [-0.25, -0.2) is 18.2 Å². The summed E-state index contributed by atoms with van der Waals surface area (Å²) in [6.07, 6.45) is 5.06. The van der Waals surface area contributed by atoms with E-state index in [2.05, 4.69) is 32.0 Å². The minimum atomic E-state index is -3.95. The standard InChI is InChI=1S/C40H47F2N5O10S/c1-20-5-3-4-6-24-18-39(24,37(50)46-58(52,53)27-7-8-27)45-34(48)30-17-26(54-35-29-9-10-31-33(28(29)11-12-43-35)57-40(41,42)56-31)19-47(30)36(49)32(21(2)13-20)44-38(51)55-25-15-22-14-23(22)16-25/h4,6,9-12,20-27,30,32H,3,5,7-8,13-19H2,1-2H3,(H,44,51)(H,45,48)(H,46,50)/b6-4-/t20-,21-,22-,23+,24?,25+,26-,30+,32+,39-/m1/s1. The summed E-state index contributed by atoms with van der Waals surface area (Å²) in [6.45, 7) is 3.79. The van der Waals surface area contributed by atoms with E-state index in [-0.39, 0.29) is 60.1 Å². The quantitative estimate of drug-likeness (QED) is 0.338. The lowest BCUT2D eigenvalue weighted by atomic mass is 9.88. The number of ether oxygens (including phenoxy) is 4. The molecule has 0 bridgehead atoms. The van der Waals surface area contributed by atoms with Crippen LogP contribution in [0.25, 0.3) is 10.8 Å². The molecule has 15 nitrogen and oxygen atoms in total. The summed E-state index contributed by atoms with van der Waals surface area (Å²) in [5, 5.41) is 5.59. The molecule has 9 rings (SSSR count). The molecule has 312 valence electrons. The van der Waals surface area contributed by atoms with E-state index in [1.54, 1.807) is 0 Å². The molecule has 0 radical (unpaired) electrons. The zero-order chi connectivity index (χ0) is 40.7. The molecule has 7 aliphatic rings. The summed E-state index contributed by atoms with van der Waals surface area (Å²) in [5.74, 6) is -2.04. The molecule has 1 aromatic heterocycles. The van der Waals surface area contributed by atoms with Gasteiger partial charge in [0, 0.05) is 29.3 Å². The third kappa shape index (κ3) is 7.52. The van der Waals surface area contributed by atoms with Gasteiger partial charge in [0.2, 0.25) is 27.7 Å². The predicted octanol–water partition coefficient (Wildman–Crippen LogP) is 4.29.